The number of aromatic hydroxyl groups is 1. The highest BCUT2D eigenvalue weighted by Crippen LogP contribution is 2.30. The average molecular weight is 329 g/mol. The lowest BCUT2D eigenvalue weighted by molar-refractivity contribution is -0.385. The van der Waals surface area contributed by atoms with Gasteiger partial charge >= 0.3 is 5.69 Å². The third-order valence-electron chi connectivity index (χ3n) is 3.46. The molecule has 0 bridgehead atoms. The smallest absolute Gasteiger partial charge is 0.311 e. The predicted octanol–water partition coefficient (Wildman–Crippen LogP) is 2.27. The van der Waals surface area contributed by atoms with E-state index >= 15 is 0 Å². The fourth-order valence-corrected chi connectivity index (χ4v) is 2.18. The molecule has 0 saturated heterocycles. The van der Waals surface area contributed by atoms with Gasteiger partial charge in [-0.05, 0) is 29.8 Å². The number of hydrogen-bond donors (Lipinski definition) is 3. The largest absolute Gasteiger partial charge is 0.502 e. The fraction of sp³-hybridized carbons (Fsp3) is 0.0667. The van der Waals surface area contributed by atoms with E-state index in [9.17, 15) is 19.6 Å². The first-order chi connectivity index (χ1) is 11.5. The van der Waals surface area contributed by atoms with E-state index in [0.29, 0.717) is 17.0 Å². The highest BCUT2D eigenvalue weighted by molar-refractivity contribution is 5.63. The molecule has 0 spiro atoms. The second kappa shape index (κ2) is 6.05. The van der Waals surface area contributed by atoms with E-state index in [-0.39, 0.29) is 11.6 Å². The van der Waals surface area contributed by atoms with Crippen molar-refractivity contribution in [1.29, 1.82) is 0 Å². The summed E-state index contributed by atoms with van der Waals surface area (Å²) in [5.41, 5.74) is 6.60. The number of hydrogen-bond acceptors (Lipinski definition) is 6. The van der Waals surface area contributed by atoms with Crippen LogP contribution in [0.3, 0.4) is 0 Å². The molecule has 0 saturated carbocycles. The van der Waals surface area contributed by atoms with Crippen LogP contribution >= 0.6 is 0 Å². The summed E-state index contributed by atoms with van der Waals surface area (Å²) < 4.78 is 13.0. The molecule has 24 heavy (non-hydrogen) atoms. The Bertz CT molecular complexity index is 894. The van der Waals surface area contributed by atoms with Gasteiger partial charge in [0.15, 0.2) is 11.6 Å². The van der Waals surface area contributed by atoms with E-state index in [1.807, 2.05) is 0 Å². The maximum atomic E-state index is 13.0. The Kier molecular flexibility index (Phi) is 3.92. The van der Waals surface area contributed by atoms with Gasteiger partial charge in [-0.25, -0.2) is 9.37 Å². The van der Waals surface area contributed by atoms with Gasteiger partial charge in [0.1, 0.15) is 11.6 Å². The van der Waals surface area contributed by atoms with Crippen LogP contribution in [0.25, 0.3) is 11.4 Å². The summed E-state index contributed by atoms with van der Waals surface area (Å²) in [7, 11) is 0. The van der Waals surface area contributed by atoms with Gasteiger partial charge in [-0.2, -0.15) is 5.10 Å². The van der Waals surface area contributed by atoms with E-state index in [2.05, 4.69) is 15.2 Å². The van der Waals surface area contributed by atoms with Gasteiger partial charge in [0, 0.05) is 11.6 Å². The van der Waals surface area contributed by atoms with Crippen molar-refractivity contribution in [3.05, 3.63) is 69.8 Å². The summed E-state index contributed by atoms with van der Waals surface area (Å²) in [6.07, 6.45) is 0. The van der Waals surface area contributed by atoms with Crippen molar-refractivity contribution >= 4 is 5.69 Å². The Hall–Kier alpha value is -3.33. The lowest BCUT2D eigenvalue weighted by atomic mass is 10.1. The molecule has 2 aromatic carbocycles. The number of rotatable bonds is 4. The Balaban J connectivity index is 1.92. The van der Waals surface area contributed by atoms with Crippen molar-refractivity contribution in [3.63, 3.8) is 0 Å². The van der Waals surface area contributed by atoms with E-state index in [0.717, 1.165) is 0 Å². The molecule has 3 aromatic rings. The Labute approximate surface area is 134 Å². The SMILES string of the molecule is NC(c1ccc(F)cc1)c1nc(-c2ccc(O)c([N+](=O)[O-])c2)n[nH]1. The van der Waals surface area contributed by atoms with Gasteiger partial charge in [-0.1, -0.05) is 12.1 Å². The number of nitrogens with one attached hydrogen (secondary N) is 1. The summed E-state index contributed by atoms with van der Waals surface area (Å²) in [5.74, 6) is -0.291. The minimum Gasteiger partial charge on any atom is -0.502 e. The quantitative estimate of drug-likeness (QED) is 0.497. The molecule has 122 valence electrons. The lowest BCUT2D eigenvalue weighted by Crippen LogP contribution is -2.13. The summed E-state index contributed by atoms with van der Waals surface area (Å²) in [5, 5.41) is 27.0. The highest BCUT2D eigenvalue weighted by Gasteiger charge is 2.18. The Morgan fingerprint density at radius 2 is 1.96 bits per heavy atom. The maximum absolute atomic E-state index is 13.0. The molecule has 1 aromatic heterocycles. The molecule has 3 rings (SSSR count). The number of phenolic OH excluding ortho intramolecular Hbond substituents is 1. The van der Waals surface area contributed by atoms with Crippen LogP contribution in [0.15, 0.2) is 42.5 Å². The molecular formula is C15H12FN5O3. The van der Waals surface area contributed by atoms with E-state index in [1.165, 1.54) is 42.5 Å². The molecule has 1 heterocycles. The van der Waals surface area contributed by atoms with Crippen LogP contribution in [0, 0.1) is 15.9 Å². The number of H-pyrrole nitrogens is 1. The standard InChI is InChI=1S/C15H12FN5O3/c16-10-4-1-8(2-5-10)13(17)15-18-14(19-20-15)9-3-6-12(22)11(7-9)21(23)24/h1-7,13,22H,17H2,(H,18,19,20). The molecule has 1 atom stereocenters. The molecule has 8 nitrogen and oxygen atoms in total. The second-order valence-corrected chi connectivity index (χ2v) is 5.03. The number of nitrogens with two attached hydrogens (primary N) is 1. The molecular weight excluding hydrogens is 317 g/mol. The molecule has 0 radical (unpaired) electrons. The van der Waals surface area contributed by atoms with Crippen LogP contribution in [-0.4, -0.2) is 25.2 Å². The van der Waals surface area contributed by atoms with Gasteiger partial charge in [0.2, 0.25) is 0 Å². The average Bonchev–Trinajstić information content (AvgIpc) is 3.05. The van der Waals surface area contributed by atoms with Crippen LogP contribution in [0.2, 0.25) is 0 Å². The first-order valence-corrected chi connectivity index (χ1v) is 6.87. The van der Waals surface area contributed by atoms with Gasteiger partial charge in [0.05, 0.1) is 11.0 Å². The zero-order valence-electron chi connectivity index (χ0n) is 12.2. The lowest BCUT2D eigenvalue weighted by Gasteiger charge is -2.07. The van der Waals surface area contributed by atoms with Crippen molar-refractivity contribution in [3.8, 4) is 17.1 Å². The van der Waals surface area contributed by atoms with Crippen molar-refractivity contribution in [2.75, 3.05) is 0 Å². The second-order valence-electron chi connectivity index (χ2n) is 5.03. The normalized spacial score (nSPS) is 12.1. The molecule has 1 unspecified atom stereocenters. The van der Waals surface area contributed by atoms with E-state index in [4.69, 9.17) is 5.73 Å². The molecule has 0 aliphatic carbocycles. The molecule has 4 N–H and O–H groups in total. The first kappa shape index (κ1) is 15.6. The third kappa shape index (κ3) is 2.92. The minimum atomic E-state index is -0.698. The molecule has 0 aliphatic rings. The fourth-order valence-electron chi connectivity index (χ4n) is 2.18. The first-order valence-electron chi connectivity index (χ1n) is 6.87. The zero-order chi connectivity index (χ0) is 17.3. The molecule has 0 fully saturated rings. The topological polar surface area (TPSA) is 131 Å². The predicted molar refractivity (Wildman–Crippen MR) is 82.6 cm³/mol. The maximum Gasteiger partial charge on any atom is 0.311 e. The number of nitro benzene ring substituents is 1. The summed E-state index contributed by atoms with van der Waals surface area (Å²) >= 11 is 0. The Morgan fingerprint density at radius 1 is 1.25 bits per heavy atom. The summed E-state index contributed by atoms with van der Waals surface area (Å²) in [6.45, 7) is 0. The van der Waals surface area contributed by atoms with Crippen molar-refractivity contribution in [1.82, 2.24) is 15.2 Å². The van der Waals surface area contributed by atoms with Gasteiger partial charge in [-0.3, -0.25) is 15.2 Å². The summed E-state index contributed by atoms with van der Waals surface area (Å²) in [6, 6.07) is 8.82. The number of aromatic amines is 1. The monoisotopic (exact) mass is 329 g/mol. The number of halogens is 1. The van der Waals surface area contributed by atoms with Crippen molar-refractivity contribution < 1.29 is 14.4 Å². The van der Waals surface area contributed by atoms with Crippen LogP contribution in [0.5, 0.6) is 5.75 Å². The molecule has 0 amide bonds. The van der Waals surface area contributed by atoms with Crippen LogP contribution < -0.4 is 5.73 Å². The summed E-state index contributed by atoms with van der Waals surface area (Å²) in [4.78, 5) is 14.4. The van der Waals surface area contributed by atoms with Crippen LogP contribution in [-0.2, 0) is 0 Å². The zero-order valence-corrected chi connectivity index (χ0v) is 12.2. The Morgan fingerprint density at radius 3 is 2.62 bits per heavy atom. The highest BCUT2D eigenvalue weighted by atomic mass is 19.1. The van der Waals surface area contributed by atoms with Gasteiger partial charge < -0.3 is 10.8 Å². The number of phenols is 1. The number of aromatic nitrogens is 3. The van der Waals surface area contributed by atoms with Gasteiger partial charge in [0.25, 0.3) is 0 Å². The minimum absolute atomic E-state index is 0.200. The van der Waals surface area contributed by atoms with Crippen LogP contribution in [0.4, 0.5) is 10.1 Å². The number of benzene rings is 2. The third-order valence-corrected chi connectivity index (χ3v) is 3.46. The molecule has 0 aliphatic heterocycles. The van der Waals surface area contributed by atoms with Crippen LogP contribution in [0.1, 0.15) is 17.4 Å². The van der Waals surface area contributed by atoms with Gasteiger partial charge in [-0.15, -0.1) is 0 Å². The van der Waals surface area contributed by atoms with Crippen molar-refractivity contribution in [2.45, 2.75) is 6.04 Å². The molecule has 9 heteroatoms. The number of nitro groups is 1. The van der Waals surface area contributed by atoms with Crippen molar-refractivity contribution in [2.24, 2.45) is 5.73 Å². The number of nitrogens with zero attached hydrogens (tertiary/aromatic N) is 3. The van der Waals surface area contributed by atoms with E-state index in [1.54, 1.807) is 0 Å². The van der Waals surface area contributed by atoms with E-state index < -0.39 is 22.4 Å².